The van der Waals surface area contributed by atoms with Crippen LogP contribution in [-0.2, 0) is 14.3 Å². The first-order valence-corrected chi connectivity index (χ1v) is 20.4. The molecule has 0 bridgehead atoms. The Balaban J connectivity index is 4.51. The molecule has 0 fully saturated rings. The number of hydrogen-bond donors (Lipinski definition) is 3. The van der Waals surface area contributed by atoms with Crippen molar-refractivity contribution in [2.45, 2.75) is 232 Å². The number of hydrogen-bond acceptors (Lipinski definition) is 5. The van der Waals surface area contributed by atoms with Crippen LogP contribution in [0.5, 0.6) is 0 Å². The second-order valence-electron chi connectivity index (χ2n) is 14.0. The zero-order valence-electron chi connectivity index (χ0n) is 31.4. The van der Waals surface area contributed by atoms with Crippen molar-refractivity contribution in [2.75, 3.05) is 6.61 Å². The van der Waals surface area contributed by atoms with Gasteiger partial charge in [0.25, 0.3) is 0 Å². The summed E-state index contributed by atoms with van der Waals surface area (Å²) in [7, 11) is 0. The first kappa shape index (κ1) is 45.6. The standard InChI is InChI=1S/C41H79NO5/c1-4-7-10-13-16-18-20-22-25-28-31-34-41(46)47-37(32-29-26-23-15-12-9-6-3)35-40(45)42-38(36-43)39(44)33-30-27-24-21-19-17-14-11-8-5-2/h13,16,37-39,43-44H,4-12,14-15,17-36H2,1-3H3,(H,42,45)/b16-13-. The maximum absolute atomic E-state index is 13.0. The number of aliphatic hydroxyl groups is 2. The molecule has 47 heavy (non-hydrogen) atoms. The van der Waals surface area contributed by atoms with E-state index in [2.05, 4.69) is 38.2 Å². The minimum absolute atomic E-state index is 0.0782. The first-order chi connectivity index (χ1) is 23.0. The number of rotatable bonds is 36. The lowest BCUT2D eigenvalue weighted by Gasteiger charge is -2.24. The lowest BCUT2D eigenvalue weighted by molar-refractivity contribution is -0.151. The molecule has 278 valence electrons. The van der Waals surface area contributed by atoms with Crippen LogP contribution in [-0.4, -0.2) is 46.9 Å². The van der Waals surface area contributed by atoms with Crippen LogP contribution in [0.1, 0.15) is 213 Å². The summed E-state index contributed by atoms with van der Waals surface area (Å²) in [5.74, 6) is -0.486. The zero-order chi connectivity index (χ0) is 34.6. The minimum atomic E-state index is -0.779. The summed E-state index contributed by atoms with van der Waals surface area (Å²) >= 11 is 0. The van der Waals surface area contributed by atoms with E-state index < -0.39 is 18.2 Å². The van der Waals surface area contributed by atoms with E-state index in [0.717, 1.165) is 51.4 Å². The Labute approximate surface area is 291 Å². The molecule has 0 spiro atoms. The number of ether oxygens (including phenoxy) is 1. The number of aliphatic hydroxyl groups excluding tert-OH is 2. The molecule has 6 heteroatoms. The monoisotopic (exact) mass is 666 g/mol. The molecule has 3 unspecified atom stereocenters. The van der Waals surface area contributed by atoms with Gasteiger partial charge in [-0.3, -0.25) is 9.59 Å². The van der Waals surface area contributed by atoms with Crippen LogP contribution in [0.3, 0.4) is 0 Å². The molecule has 0 heterocycles. The Kier molecular flexibility index (Phi) is 34.8. The number of amides is 1. The molecule has 0 rings (SSSR count). The van der Waals surface area contributed by atoms with Crippen molar-refractivity contribution in [3.63, 3.8) is 0 Å². The molecular formula is C41H79NO5. The maximum atomic E-state index is 13.0. The molecule has 0 radical (unpaired) electrons. The van der Waals surface area contributed by atoms with E-state index in [0.29, 0.717) is 19.3 Å². The van der Waals surface area contributed by atoms with Crippen molar-refractivity contribution in [2.24, 2.45) is 0 Å². The molecule has 3 atom stereocenters. The summed E-state index contributed by atoms with van der Waals surface area (Å²) in [5, 5.41) is 23.4. The Morgan fingerprint density at radius 2 is 1.04 bits per heavy atom. The van der Waals surface area contributed by atoms with E-state index >= 15 is 0 Å². The Morgan fingerprint density at radius 3 is 1.57 bits per heavy atom. The van der Waals surface area contributed by atoms with Gasteiger partial charge in [-0.05, 0) is 44.9 Å². The number of nitrogens with one attached hydrogen (secondary N) is 1. The zero-order valence-corrected chi connectivity index (χ0v) is 31.4. The van der Waals surface area contributed by atoms with Gasteiger partial charge in [0.15, 0.2) is 0 Å². The van der Waals surface area contributed by atoms with Crippen molar-refractivity contribution in [3.8, 4) is 0 Å². The highest BCUT2D eigenvalue weighted by Crippen LogP contribution is 2.17. The van der Waals surface area contributed by atoms with Gasteiger partial charge in [-0.25, -0.2) is 0 Å². The van der Waals surface area contributed by atoms with E-state index in [1.807, 2.05) is 0 Å². The number of esters is 1. The molecular weight excluding hydrogens is 586 g/mol. The highest BCUT2D eigenvalue weighted by Gasteiger charge is 2.24. The van der Waals surface area contributed by atoms with E-state index in [-0.39, 0.29) is 24.9 Å². The minimum Gasteiger partial charge on any atom is -0.462 e. The predicted molar refractivity (Wildman–Crippen MR) is 200 cm³/mol. The first-order valence-electron chi connectivity index (χ1n) is 20.4. The predicted octanol–water partition coefficient (Wildman–Crippen LogP) is 11.1. The van der Waals surface area contributed by atoms with Crippen LogP contribution in [0.2, 0.25) is 0 Å². The number of allylic oxidation sites excluding steroid dienone is 2. The van der Waals surface area contributed by atoms with Gasteiger partial charge >= 0.3 is 5.97 Å². The molecule has 0 aromatic carbocycles. The Hall–Kier alpha value is -1.40. The number of unbranched alkanes of at least 4 members (excludes halogenated alkanes) is 22. The second kappa shape index (κ2) is 35.9. The normalized spacial score (nSPS) is 13.6. The molecule has 6 nitrogen and oxygen atoms in total. The second-order valence-corrected chi connectivity index (χ2v) is 14.0. The summed E-state index contributed by atoms with van der Waals surface area (Å²) in [6, 6.07) is -0.692. The average Bonchev–Trinajstić information content (AvgIpc) is 3.06. The Bertz CT molecular complexity index is 712. The quantitative estimate of drug-likeness (QED) is 0.0352. The fourth-order valence-corrected chi connectivity index (χ4v) is 6.17. The van der Waals surface area contributed by atoms with Crippen LogP contribution in [0.25, 0.3) is 0 Å². The van der Waals surface area contributed by atoms with Gasteiger partial charge in [0, 0.05) is 6.42 Å². The van der Waals surface area contributed by atoms with Crippen LogP contribution in [0.15, 0.2) is 12.2 Å². The average molecular weight is 666 g/mol. The summed E-state index contributed by atoms with van der Waals surface area (Å²) in [6.45, 7) is 6.38. The van der Waals surface area contributed by atoms with E-state index in [1.54, 1.807) is 0 Å². The van der Waals surface area contributed by atoms with Crippen LogP contribution < -0.4 is 5.32 Å². The van der Waals surface area contributed by atoms with Crippen molar-refractivity contribution in [3.05, 3.63) is 12.2 Å². The van der Waals surface area contributed by atoms with Crippen molar-refractivity contribution >= 4 is 11.9 Å². The molecule has 0 aliphatic rings. The van der Waals surface area contributed by atoms with Gasteiger partial charge in [-0.1, -0.05) is 168 Å². The van der Waals surface area contributed by atoms with Gasteiger partial charge < -0.3 is 20.3 Å². The van der Waals surface area contributed by atoms with Gasteiger partial charge in [-0.15, -0.1) is 0 Å². The smallest absolute Gasteiger partial charge is 0.306 e. The van der Waals surface area contributed by atoms with Gasteiger partial charge in [0.2, 0.25) is 5.91 Å². The number of carbonyl (C=O) groups excluding carboxylic acids is 2. The third-order valence-corrected chi connectivity index (χ3v) is 9.34. The third kappa shape index (κ3) is 31.6. The fraction of sp³-hybridized carbons (Fsp3) is 0.902. The van der Waals surface area contributed by atoms with Crippen molar-refractivity contribution in [1.29, 1.82) is 0 Å². The highest BCUT2D eigenvalue weighted by molar-refractivity contribution is 5.77. The van der Waals surface area contributed by atoms with Crippen LogP contribution >= 0.6 is 0 Å². The lowest BCUT2D eigenvalue weighted by atomic mass is 10.0. The van der Waals surface area contributed by atoms with Gasteiger partial charge in [-0.2, -0.15) is 0 Å². The molecule has 0 aliphatic carbocycles. The Morgan fingerprint density at radius 1 is 0.596 bits per heavy atom. The van der Waals surface area contributed by atoms with Crippen molar-refractivity contribution < 1.29 is 24.5 Å². The summed E-state index contributed by atoms with van der Waals surface area (Å²) in [4.78, 5) is 25.7. The van der Waals surface area contributed by atoms with E-state index in [4.69, 9.17) is 4.74 Å². The third-order valence-electron chi connectivity index (χ3n) is 9.34. The largest absolute Gasteiger partial charge is 0.462 e. The summed E-state index contributed by atoms with van der Waals surface area (Å²) in [5.41, 5.74) is 0. The van der Waals surface area contributed by atoms with Gasteiger partial charge in [0.05, 0.1) is 25.2 Å². The van der Waals surface area contributed by atoms with E-state index in [1.165, 1.54) is 116 Å². The molecule has 1 amide bonds. The SMILES string of the molecule is CCCC/C=C\CCCCCCCC(=O)OC(CCCCCCCCC)CC(=O)NC(CO)C(O)CCCCCCCCCCCC. The molecule has 0 aromatic heterocycles. The lowest BCUT2D eigenvalue weighted by Crippen LogP contribution is -2.46. The molecule has 3 N–H and O–H groups in total. The molecule has 0 saturated carbocycles. The summed E-state index contributed by atoms with van der Waals surface area (Å²) in [6.07, 6.45) is 35.6. The maximum Gasteiger partial charge on any atom is 0.306 e. The number of carbonyl (C=O) groups is 2. The summed E-state index contributed by atoms with van der Waals surface area (Å²) < 4.78 is 5.84. The van der Waals surface area contributed by atoms with E-state index in [9.17, 15) is 19.8 Å². The molecule has 0 saturated heterocycles. The van der Waals surface area contributed by atoms with Crippen LogP contribution in [0.4, 0.5) is 0 Å². The molecule has 0 aliphatic heterocycles. The van der Waals surface area contributed by atoms with Gasteiger partial charge in [0.1, 0.15) is 6.10 Å². The van der Waals surface area contributed by atoms with Crippen molar-refractivity contribution in [1.82, 2.24) is 5.32 Å². The fourth-order valence-electron chi connectivity index (χ4n) is 6.17. The van der Waals surface area contributed by atoms with Crippen LogP contribution in [0, 0.1) is 0 Å². The highest BCUT2D eigenvalue weighted by atomic mass is 16.5. The topological polar surface area (TPSA) is 95.9 Å². The molecule has 0 aromatic rings.